The van der Waals surface area contributed by atoms with Crippen molar-refractivity contribution in [3.8, 4) is 33.4 Å². The summed E-state index contributed by atoms with van der Waals surface area (Å²) in [6, 6.07) is 19.0. The van der Waals surface area contributed by atoms with E-state index in [9.17, 15) is 9.59 Å². The summed E-state index contributed by atoms with van der Waals surface area (Å²) in [6.07, 6.45) is 0. The van der Waals surface area contributed by atoms with Gasteiger partial charge in [-0.15, -0.1) is 10.2 Å². The van der Waals surface area contributed by atoms with Gasteiger partial charge in [0.15, 0.2) is 22.2 Å². The number of benzene rings is 2. The SMILES string of the molecule is CCOC(=O)c1ccc(-c2ccc(-c3nnc(NC(=O)c4cc(-c5ccc(Cl)cc5)on4)s3)o2)cc1. The third-order valence-electron chi connectivity index (χ3n) is 5.01. The maximum Gasteiger partial charge on any atom is 0.338 e. The molecule has 180 valence electrons. The van der Waals surface area contributed by atoms with Gasteiger partial charge in [-0.2, -0.15) is 0 Å². The molecule has 0 atom stereocenters. The Morgan fingerprint density at radius 2 is 1.64 bits per heavy atom. The molecule has 1 amide bonds. The fourth-order valence-corrected chi connectivity index (χ4v) is 4.09. The number of carbonyl (C=O) groups is 2. The molecule has 5 aromatic rings. The number of ether oxygens (including phenoxy) is 1. The standard InChI is InChI=1S/C25H17ClN4O5S/c1-2-33-24(32)16-5-3-14(4-6-16)19-11-12-20(34-19)23-28-29-25(36-23)27-22(31)18-13-21(35-30-18)15-7-9-17(26)10-8-15/h3-13H,2H2,1H3,(H,27,29,31). The molecule has 0 saturated heterocycles. The highest BCUT2D eigenvalue weighted by atomic mass is 35.5. The number of furan rings is 1. The summed E-state index contributed by atoms with van der Waals surface area (Å²) in [5.74, 6) is 0.665. The van der Waals surface area contributed by atoms with E-state index in [0.717, 1.165) is 22.5 Å². The Morgan fingerprint density at radius 3 is 2.39 bits per heavy atom. The second kappa shape index (κ2) is 10.1. The monoisotopic (exact) mass is 520 g/mol. The molecule has 0 aliphatic rings. The first-order valence-electron chi connectivity index (χ1n) is 10.8. The third kappa shape index (κ3) is 5.04. The van der Waals surface area contributed by atoms with Crippen molar-refractivity contribution in [2.75, 3.05) is 11.9 Å². The van der Waals surface area contributed by atoms with Crippen molar-refractivity contribution in [2.45, 2.75) is 6.92 Å². The first-order chi connectivity index (χ1) is 17.5. The molecule has 3 heterocycles. The molecule has 1 N–H and O–H groups in total. The van der Waals surface area contributed by atoms with Gasteiger partial charge >= 0.3 is 5.97 Å². The van der Waals surface area contributed by atoms with Gasteiger partial charge in [-0.25, -0.2) is 4.79 Å². The van der Waals surface area contributed by atoms with Crippen LogP contribution in [0.15, 0.2) is 75.7 Å². The quantitative estimate of drug-likeness (QED) is 0.252. The summed E-state index contributed by atoms with van der Waals surface area (Å²) in [5.41, 5.74) is 2.09. The second-order valence-electron chi connectivity index (χ2n) is 7.41. The van der Waals surface area contributed by atoms with Crippen molar-refractivity contribution >= 4 is 39.9 Å². The van der Waals surface area contributed by atoms with Gasteiger partial charge < -0.3 is 13.7 Å². The van der Waals surface area contributed by atoms with Gasteiger partial charge in [0, 0.05) is 22.2 Å². The molecule has 2 aromatic carbocycles. The number of aromatic nitrogens is 3. The maximum absolute atomic E-state index is 12.6. The molecule has 0 radical (unpaired) electrons. The smallest absolute Gasteiger partial charge is 0.338 e. The van der Waals surface area contributed by atoms with E-state index in [1.807, 2.05) is 0 Å². The van der Waals surface area contributed by atoms with Gasteiger partial charge in [0.1, 0.15) is 5.76 Å². The largest absolute Gasteiger partial charge is 0.462 e. The van der Waals surface area contributed by atoms with Crippen LogP contribution in [-0.2, 0) is 4.74 Å². The fraction of sp³-hybridized carbons (Fsp3) is 0.0800. The first kappa shape index (κ1) is 23.5. The van der Waals surface area contributed by atoms with Crippen LogP contribution in [0, 0.1) is 0 Å². The Bertz CT molecular complexity index is 1520. The van der Waals surface area contributed by atoms with Crippen LogP contribution in [0.25, 0.3) is 33.4 Å². The molecule has 36 heavy (non-hydrogen) atoms. The molecule has 0 aliphatic heterocycles. The average Bonchev–Trinajstić information content (AvgIpc) is 3.65. The second-order valence-corrected chi connectivity index (χ2v) is 8.83. The number of anilines is 1. The minimum atomic E-state index is -0.483. The summed E-state index contributed by atoms with van der Waals surface area (Å²) < 4.78 is 16.2. The highest BCUT2D eigenvalue weighted by Crippen LogP contribution is 2.32. The molecule has 0 fully saturated rings. The number of rotatable bonds is 7. The molecular formula is C25H17ClN4O5S. The summed E-state index contributed by atoms with van der Waals surface area (Å²) in [7, 11) is 0. The normalized spacial score (nSPS) is 10.8. The average molecular weight is 521 g/mol. The number of carbonyl (C=O) groups excluding carboxylic acids is 2. The molecule has 0 bridgehead atoms. The minimum absolute atomic E-state index is 0.100. The number of halogens is 1. The molecule has 11 heteroatoms. The fourth-order valence-electron chi connectivity index (χ4n) is 3.26. The van der Waals surface area contributed by atoms with Crippen LogP contribution in [-0.4, -0.2) is 33.8 Å². The lowest BCUT2D eigenvalue weighted by atomic mass is 10.1. The Balaban J connectivity index is 1.26. The van der Waals surface area contributed by atoms with Crippen LogP contribution in [0.1, 0.15) is 27.8 Å². The summed E-state index contributed by atoms with van der Waals surface area (Å²) in [5, 5.41) is 16.0. The summed E-state index contributed by atoms with van der Waals surface area (Å²) in [4.78, 5) is 24.4. The van der Waals surface area contributed by atoms with E-state index in [1.54, 1.807) is 67.6 Å². The van der Waals surface area contributed by atoms with Gasteiger partial charge in [0.05, 0.1) is 12.2 Å². The first-order valence-corrected chi connectivity index (χ1v) is 11.9. The molecule has 0 spiro atoms. The lowest BCUT2D eigenvalue weighted by molar-refractivity contribution is 0.0526. The van der Waals surface area contributed by atoms with Crippen LogP contribution >= 0.6 is 22.9 Å². The number of amides is 1. The van der Waals surface area contributed by atoms with Gasteiger partial charge in [-0.1, -0.05) is 40.2 Å². The number of hydrogen-bond acceptors (Lipinski definition) is 9. The van der Waals surface area contributed by atoms with Crippen molar-refractivity contribution < 1.29 is 23.3 Å². The zero-order chi connectivity index (χ0) is 25.1. The number of nitrogens with one attached hydrogen (secondary N) is 1. The summed E-state index contributed by atoms with van der Waals surface area (Å²) in [6.45, 7) is 2.07. The third-order valence-corrected chi connectivity index (χ3v) is 6.12. The van der Waals surface area contributed by atoms with Crippen LogP contribution in [0.5, 0.6) is 0 Å². The Kier molecular flexibility index (Phi) is 6.61. The molecule has 0 unspecified atom stereocenters. The predicted molar refractivity (Wildman–Crippen MR) is 134 cm³/mol. The number of esters is 1. The maximum atomic E-state index is 12.6. The highest BCUT2D eigenvalue weighted by molar-refractivity contribution is 7.18. The molecule has 0 saturated carbocycles. The van der Waals surface area contributed by atoms with E-state index < -0.39 is 5.91 Å². The molecule has 5 rings (SSSR count). The van der Waals surface area contributed by atoms with Crippen LogP contribution in [0.2, 0.25) is 5.02 Å². The minimum Gasteiger partial charge on any atom is -0.462 e. The Labute approximate surface area is 213 Å². The molecule has 3 aromatic heterocycles. The van der Waals surface area contributed by atoms with Gasteiger partial charge in [-0.05, 0) is 55.5 Å². The molecule has 9 nitrogen and oxygen atoms in total. The van der Waals surface area contributed by atoms with Crippen molar-refractivity contribution in [2.24, 2.45) is 0 Å². The van der Waals surface area contributed by atoms with Crippen molar-refractivity contribution in [1.82, 2.24) is 15.4 Å². The molecule has 0 aliphatic carbocycles. The zero-order valence-electron chi connectivity index (χ0n) is 18.7. The van der Waals surface area contributed by atoms with Gasteiger partial charge in [0.25, 0.3) is 5.91 Å². The Hall–Kier alpha value is -4.28. The van der Waals surface area contributed by atoms with Crippen LogP contribution < -0.4 is 5.32 Å². The van der Waals surface area contributed by atoms with E-state index in [2.05, 4.69) is 20.7 Å². The highest BCUT2D eigenvalue weighted by Gasteiger charge is 2.18. The van der Waals surface area contributed by atoms with Crippen molar-refractivity contribution in [3.05, 3.63) is 83.0 Å². The van der Waals surface area contributed by atoms with E-state index in [4.69, 9.17) is 25.3 Å². The zero-order valence-corrected chi connectivity index (χ0v) is 20.3. The lowest BCUT2D eigenvalue weighted by Gasteiger charge is -2.02. The van der Waals surface area contributed by atoms with Gasteiger partial charge in [-0.3, -0.25) is 10.1 Å². The topological polar surface area (TPSA) is 120 Å². The van der Waals surface area contributed by atoms with E-state index in [-0.39, 0.29) is 16.8 Å². The van der Waals surface area contributed by atoms with Crippen LogP contribution in [0.3, 0.4) is 0 Å². The Morgan fingerprint density at radius 1 is 0.944 bits per heavy atom. The van der Waals surface area contributed by atoms with E-state index >= 15 is 0 Å². The summed E-state index contributed by atoms with van der Waals surface area (Å²) >= 11 is 7.06. The van der Waals surface area contributed by atoms with Crippen molar-refractivity contribution in [3.63, 3.8) is 0 Å². The van der Waals surface area contributed by atoms with Crippen molar-refractivity contribution in [1.29, 1.82) is 0 Å². The van der Waals surface area contributed by atoms with Gasteiger partial charge in [0.2, 0.25) is 5.13 Å². The lowest BCUT2D eigenvalue weighted by Crippen LogP contribution is -2.11. The van der Waals surface area contributed by atoms with E-state index in [0.29, 0.717) is 39.5 Å². The predicted octanol–water partition coefficient (Wildman–Crippen LogP) is 6.20. The number of hydrogen-bond donors (Lipinski definition) is 1. The van der Waals surface area contributed by atoms with Crippen LogP contribution in [0.4, 0.5) is 5.13 Å². The molecular weight excluding hydrogens is 504 g/mol. The number of nitrogens with zero attached hydrogens (tertiary/aromatic N) is 3. The van der Waals surface area contributed by atoms with E-state index in [1.165, 1.54) is 6.07 Å².